The van der Waals surface area contributed by atoms with Crippen molar-refractivity contribution in [2.24, 2.45) is 5.92 Å². The predicted molar refractivity (Wildman–Crippen MR) is 69.6 cm³/mol. The standard InChI is InChI=1S/C11H17N5O3/c1-19-5-7(4-17)2-3-16-6-13-8-9(16)14-11(12)15-10(8)18/h6-7,17H,2-5H2,1H3,(H3,12,14,15,18)/t7-/m1/s1. The van der Waals surface area contributed by atoms with Gasteiger partial charge < -0.3 is 20.1 Å². The lowest BCUT2D eigenvalue weighted by Gasteiger charge is -2.13. The predicted octanol–water partition coefficient (Wildman–Crippen LogP) is -0.653. The van der Waals surface area contributed by atoms with E-state index in [4.69, 9.17) is 10.5 Å². The van der Waals surface area contributed by atoms with Gasteiger partial charge in [0.2, 0.25) is 5.95 Å². The third-order valence-electron chi connectivity index (χ3n) is 2.93. The second kappa shape index (κ2) is 5.81. The van der Waals surface area contributed by atoms with Crippen LogP contribution < -0.4 is 11.3 Å². The Morgan fingerprint density at radius 3 is 3.11 bits per heavy atom. The summed E-state index contributed by atoms with van der Waals surface area (Å²) in [7, 11) is 1.59. The molecule has 8 heteroatoms. The number of aryl methyl sites for hydroxylation is 1. The minimum atomic E-state index is -0.350. The van der Waals surface area contributed by atoms with Crippen molar-refractivity contribution < 1.29 is 9.84 Å². The number of aromatic amines is 1. The number of rotatable bonds is 6. The first-order valence-corrected chi connectivity index (χ1v) is 5.96. The first kappa shape index (κ1) is 13.5. The number of aliphatic hydroxyl groups is 1. The number of hydrogen-bond donors (Lipinski definition) is 3. The molecule has 0 aliphatic heterocycles. The van der Waals surface area contributed by atoms with Crippen LogP contribution in [0.3, 0.4) is 0 Å². The van der Waals surface area contributed by atoms with Crippen LogP contribution in [0.4, 0.5) is 5.95 Å². The molecule has 104 valence electrons. The second-order valence-corrected chi connectivity index (χ2v) is 4.35. The van der Waals surface area contributed by atoms with Gasteiger partial charge in [-0.15, -0.1) is 0 Å². The summed E-state index contributed by atoms with van der Waals surface area (Å²) in [6.45, 7) is 1.12. The van der Waals surface area contributed by atoms with Crippen molar-refractivity contribution in [3.05, 3.63) is 16.7 Å². The van der Waals surface area contributed by atoms with E-state index < -0.39 is 0 Å². The molecule has 0 saturated carbocycles. The molecule has 0 bridgehead atoms. The fraction of sp³-hybridized carbons (Fsp3) is 0.545. The van der Waals surface area contributed by atoms with Crippen molar-refractivity contribution in [1.82, 2.24) is 19.5 Å². The molecule has 4 N–H and O–H groups in total. The fourth-order valence-electron chi connectivity index (χ4n) is 1.92. The first-order valence-electron chi connectivity index (χ1n) is 5.96. The number of nitrogens with two attached hydrogens (primary N) is 1. The van der Waals surface area contributed by atoms with E-state index in [-0.39, 0.29) is 29.5 Å². The monoisotopic (exact) mass is 267 g/mol. The van der Waals surface area contributed by atoms with E-state index in [0.717, 1.165) is 0 Å². The molecule has 0 aromatic carbocycles. The molecule has 0 aliphatic carbocycles. The van der Waals surface area contributed by atoms with Crippen molar-refractivity contribution in [2.45, 2.75) is 13.0 Å². The van der Waals surface area contributed by atoms with Gasteiger partial charge in [0, 0.05) is 26.2 Å². The van der Waals surface area contributed by atoms with Crippen molar-refractivity contribution in [1.29, 1.82) is 0 Å². The number of imidazole rings is 1. The maximum atomic E-state index is 11.6. The van der Waals surface area contributed by atoms with E-state index in [2.05, 4.69) is 15.0 Å². The molecule has 0 amide bonds. The van der Waals surface area contributed by atoms with E-state index in [1.165, 1.54) is 0 Å². The zero-order chi connectivity index (χ0) is 13.8. The van der Waals surface area contributed by atoms with Gasteiger partial charge in [-0.1, -0.05) is 0 Å². The van der Waals surface area contributed by atoms with E-state index in [1.54, 1.807) is 18.0 Å². The number of methoxy groups -OCH3 is 1. The molecule has 0 aliphatic rings. The van der Waals surface area contributed by atoms with Crippen molar-refractivity contribution in [2.75, 3.05) is 26.1 Å². The molecule has 1 atom stereocenters. The number of fused-ring (bicyclic) bond motifs is 1. The lowest BCUT2D eigenvalue weighted by molar-refractivity contribution is 0.103. The zero-order valence-electron chi connectivity index (χ0n) is 10.7. The lowest BCUT2D eigenvalue weighted by atomic mass is 10.1. The average molecular weight is 267 g/mol. The smallest absolute Gasteiger partial charge is 0.280 e. The van der Waals surface area contributed by atoms with Crippen LogP contribution in [0, 0.1) is 5.92 Å². The summed E-state index contributed by atoms with van der Waals surface area (Å²) >= 11 is 0. The van der Waals surface area contributed by atoms with Gasteiger partial charge in [0.05, 0.1) is 12.9 Å². The van der Waals surface area contributed by atoms with Gasteiger partial charge in [-0.2, -0.15) is 4.98 Å². The minimum absolute atomic E-state index is 0.0433. The van der Waals surface area contributed by atoms with Crippen LogP contribution >= 0.6 is 0 Å². The van der Waals surface area contributed by atoms with Crippen LogP contribution in [0.15, 0.2) is 11.1 Å². The Bertz CT molecular complexity index is 606. The van der Waals surface area contributed by atoms with Crippen molar-refractivity contribution >= 4 is 17.1 Å². The fourth-order valence-corrected chi connectivity index (χ4v) is 1.92. The highest BCUT2D eigenvalue weighted by Gasteiger charge is 2.12. The van der Waals surface area contributed by atoms with Crippen LogP contribution in [-0.4, -0.2) is 44.9 Å². The number of nitrogen functional groups attached to an aromatic ring is 1. The Morgan fingerprint density at radius 1 is 1.63 bits per heavy atom. The van der Waals surface area contributed by atoms with Crippen molar-refractivity contribution in [3.8, 4) is 0 Å². The van der Waals surface area contributed by atoms with Gasteiger partial charge in [0.1, 0.15) is 0 Å². The summed E-state index contributed by atoms with van der Waals surface area (Å²) < 4.78 is 6.76. The third kappa shape index (κ3) is 2.91. The summed E-state index contributed by atoms with van der Waals surface area (Å²) in [6.07, 6.45) is 2.25. The molecule has 2 aromatic rings. The quantitative estimate of drug-likeness (QED) is 0.639. The van der Waals surface area contributed by atoms with Gasteiger partial charge in [-0.3, -0.25) is 9.78 Å². The molecule has 0 saturated heterocycles. The number of aliphatic hydroxyl groups excluding tert-OH is 1. The summed E-state index contributed by atoms with van der Waals surface area (Å²) in [6, 6.07) is 0. The van der Waals surface area contributed by atoms with Crippen LogP contribution in [0.1, 0.15) is 6.42 Å². The number of hydrogen-bond acceptors (Lipinski definition) is 6. The number of aromatic nitrogens is 4. The average Bonchev–Trinajstić information content (AvgIpc) is 2.78. The Balaban J connectivity index is 2.19. The van der Waals surface area contributed by atoms with E-state index in [0.29, 0.717) is 25.2 Å². The van der Waals surface area contributed by atoms with Gasteiger partial charge in [0.15, 0.2) is 11.2 Å². The maximum absolute atomic E-state index is 11.6. The minimum Gasteiger partial charge on any atom is -0.396 e. The molecule has 19 heavy (non-hydrogen) atoms. The SMILES string of the molecule is COC[C@@H](CO)CCn1cnc2c(=O)[nH]c(N)nc21. The summed E-state index contributed by atoms with van der Waals surface area (Å²) in [5.74, 6) is 0.108. The van der Waals surface area contributed by atoms with Crippen molar-refractivity contribution in [3.63, 3.8) is 0 Å². The molecule has 2 rings (SSSR count). The maximum Gasteiger partial charge on any atom is 0.280 e. The molecular weight excluding hydrogens is 250 g/mol. The highest BCUT2D eigenvalue weighted by molar-refractivity contribution is 5.70. The Hall–Kier alpha value is -1.93. The number of H-pyrrole nitrogens is 1. The van der Waals surface area contributed by atoms with E-state index >= 15 is 0 Å². The summed E-state index contributed by atoms with van der Waals surface area (Å²) in [5, 5.41) is 9.19. The zero-order valence-corrected chi connectivity index (χ0v) is 10.7. The largest absolute Gasteiger partial charge is 0.396 e. The topological polar surface area (TPSA) is 119 Å². The van der Waals surface area contributed by atoms with Crippen LogP contribution in [0.2, 0.25) is 0 Å². The number of nitrogens with one attached hydrogen (secondary N) is 1. The Kier molecular flexibility index (Phi) is 4.13. The van der Waals surface area contributed by atoms with Gasteiger partial charge >= 0.3 is 0 Å². The Labute approximate surface area is 109 Å². The number of nitrogens with zero attached hydrogens (tertiary/aromatic N) is 3. The molecule has 0 unspecified atom stereocenters. The van der Waals surface area contributed by atoms with Crippen LogP contribution in [0.25, 0.3) is 11.2 Å². The van der Waals surface area contributed by atoms with Crippen LogP contribution in [-0.2, 0) is 11.3 Å². The molecule has 0 spiro atoms. The summed E-state index contributed by atoms with van der Waals surface area (Å²) in [5.41, 5.74) is 5.88. The third-order valence-corrected chi connectivity index (χ3v) is 2.93. The molecule has 0 fully saturated rings. The molecule has 2 heterocycles. The number of ether oxygens (including phenoxy) is 1. The second-order valence-electron chi connectivity index (χ2n) is 4.35. The van der Waals surface area contributed by atoms with E-state index in [1.807, 2.05) is 0 Å². The molecular formula is C11H17N5O3. The molecule has 2 aromatic heterocycles. The van der Waals surface area contributed by atoms with Crippen LogP contribution in [0.5, 0.6) is 0 Å². The van der Waals surface area contributed by atoms with Gasteiger partial charge in [-0.25, -0.2) is 4.98 Å². The molecule has 0 radical (unpaired) electrons. The normalized spacial score (nSPS) is 12.9. The Morgan fingerprint density at radius 2 is 2.42 bits per heavy atom. The number of anilines is 1. The highest BCUT2D eigenvalue weighted by atomic mass is 16.5. The molecule has 8 nitrogen and oxygen atoms in total. The lowest BCUT2D eigenvalue weighted by Crippen LogP contribution is -2.16. The summed E-state index contributed by atoms with van der Waals surface area (Å²) in [4.78, 5) is 22.1. The first-order chi connectivity index (χ1) is 9.15. The van der Waals surface area contributed by atoms with Gasteiger partial charge in [0.25, 0.3) is 5.56 Å². The van der Waals surface area contributed by atoms with Gasteiger partial charge in [-0.05, 0) is 6.42 Å². The highest BCUT2D eigenvalue weighted by Crippen LogP contribution is 2.10. The van der Waals surface area contributed by atoms with E-state index in [9.17, 15) is 9.90 Å².